The van der Waals surface area contributed by atoms with Gasteiger partial charge in [-0.2, -0.15) is 13.2 Å². The minimum Gasteiger partial charge on any atom is -0.456 e. The van der Waals surface area contributed by atoms with Crippen LogP contribution in [0.5, 0.6) is 0 Å². The molecular weight excluding hydrogens is 361 g/mol. The van der Waals surface area contributed by atoms with E-state index < -0.39 is 34.8 Å². The average molecular weight is 380 g/mol. The van der Waals surface area contributed by atoms with Crippen LogP contribution in [0.3, 0.4) is 0 Å². The zero-order chi connectivity index (χ0) is 20.4. The Morgan fingerprint density at radius 2 is 1.70 bits per heavy atom. The molecule has 27 heavy (non-hydrogen) atoms. The molecule has 0 spiro atoms. The van der Waals surface area contributed by atoms with Gasteiger partial charge in [0.05, 0.1) is 16.7 Å². The van der Waals surface area contributed by atoms with E-state index in [0.29, 0.717) is 11.8 Å². The standard InChI is InChI=1S/C19H19F3N2O3/c1-11-6-5-7-15(23-11)24-16(25)14-10-12(19(20,21)22)8-9-13(14)17(26)27-18(2,3)4/h5-10H,1-4H3,(H,23,24,25). The predicted molar refractivity (Wildman–Crippen MR) is 93.5 cm³/mol. The van der Waals surface area contributed by atoms with Gasteiger partial charge in [0.2, 0.25) is 0 Å². The number of nitrogens with zero attached hydrogens (tertiary/aromatic N) is 1. The maximum atomic E-state index is 13.1. The van der Waals surface area contributed by atoms with E-state index in [1.54, 1.807) is 39.8 Å². The Labute approximate surface area is 154 Å². The molecule has 1 N–H and O–H groups in total. The Bertz CT molecular complexity index is 871. The van der Waals surface area contributed by atoms with Gasteiger partial charge >= 0.3 is 12.1 Å². The Morgan fingerprint density at radius 1 is 1.04 bits per heavy atom. The van der Waals surface area contributed by atoms with Gasteiger partial charge in [0.15, 0.2) is 0 Å². The molecule has 0 fully saturated rings. The van der Waals surface area contributed by atoms with Crippen molar-refractivity contribution >= 4 is 17.7 Å². The lowest BCUT2D eigenvalue weighted by Gasteiger charge is -2.21. The normalized spacial score (nSPS) is 11.8. The Morgan fingerprint density at radius 3 is 2.26 bits per heavy atom. The number of hydrogen-bond donors (Lipinski definition) is 1. The number of pyridine rings is 1. The molecule has 1 aromatic heterocycles. The molecule has 0 aliphatic rings. The van der Waals surface area contributed by atoms with Crippen molar-refractivity contribution in [2.75, 3.05) is 5.32 Å². The molecule has 1 amide bonds. The maximum absolute atomic E-state index is 13.1. The van der Waals surface area contributed by atoms with Crippen LogP contribution in [0.4, 0.5) is 19.0 Å². The number of esters is 1. The number of aryl methyl sites for hydroxylation is 1. The van der Waals surface area contributed by atoms with Gasteiger partial charge in [-0.1, -0.05) is 6.07 Å². The van der Waals surface area contributed by atoms with Crippen LogP contribution >= 0.6 is 0 Å². The Kier molecular flexibility index (Phi) is 5.58. The number of hydrogen-bond acceptors (Lipinski definition) is 4. The van der Waals surface area contributed by atoms with E-state index in [1.807, 2.05) is 0 Å². The van der Waals surface area contributed by atoms with Crippen molar-refractivity contribution in [2.45, 2.75) is 39.5 Å². The van der Waals surface area contributed by atoms with E-state index in [4.69, 9.17) is 4.74 Å². The SMILES string of the molecule is Cc1cccc(NC(=O)c2cc(C(F)(F)F)ccc2C(=O)OC(C)(C)C)n1. The van der Waals surface area contributed by atoms with Crippen LogP contribution in [0.15, 0.2) is 36.4 Å². The van der Waals surface area contributed by atoms with Crippen LogP contribution in [0.25, 0.3) is 0 Å². The smallest absolute Gasteiger partial charge is 0.416 e. The molecule has 1 aromatic carbocycles. The summed E-state index contributed by atoms with van der Waals surface area (Å²) < 4.78 is 44.4. The number of ether oxygens (including phenoxy) is 1. The number of carbonyl (C=O) groups is 2. The van der Waals surface area contributed by atoms with E-state index in [2.05, 4.69) is 10.3 Å². The predicted octanol–water partition coefficient (Wildman–Crippen LogP) is 4.62. The maximum Gasteiger partial charge on any atom is 0.416 e. The molecule has 1 heterocycles. The lowest BCUT2D eigenvalue weighted by molar-refractivity contribution is -0.137. The third-order valence-electron chi connectivity index (χ3n) is 3.34. The van der Waals surface area contributed by atoms with E-state index in [-0.39, 0.29) is 11.4 Å². The number of nitrogens with one attached hydrogen (secondary N) is 1. The molecule has 0 saturated heterocycles. The number of rotatable bonds is 3. The van der Waals surface area contributed by atoms with E-state index >= 15 is 0 Å². The molecule has 0 unspecified atom stereocenters. The monoisotopic (exact) mass is 380 g/mol. The van der Waals surface area contributed by atoms with Crippen molar-refractivity contribution in [2.24, 2.45) is 0 Å². The van der Waals surface area contributed by atoms with Crippen molar-refractivity contribution < 1.29 is 27.5 Å². The van der Waals surface area contributed by atoms with Crippen molar-refractivity contribution in [3.8, 4) is 0 Å². The molecule has 144 valence electrons. The first-order chi connectivity index (χ1) is 12.4. The Hall–Kier alpha value is -2.90. The highest BCUT2D eigenvalue weighted by Gasteiger charge is 2.33. The van der Waals surface area contributed by atoms with Crippen LogP contribution < -0.4 is 5.32 Å². The summed E-state index contributed by atoms with van der Waals surface area (Å²) in [5.41, 5.74) is -2.00. The van der Waals surface area contributed by atoms with Crippen molar-refractivity contribution in [3.05, 3.63) is 58.8 Å². The van der Waals surface area contributed by atoms with Gasteiger partial charge in [0, 0.05) is 5.69 Å². The quantitative estimate of drug-likeness (QED) is 0.789. The molecule has 5 nitrogen and oxygen atoms in total. The number of aromatic nitrogens is 1. The summed E-state index contributed by atoms with van der Waals surface area (Å²) >= 11 is 0. The van der Waals surface area contributed by atoms with E-state index in [1.165, 1.54) is 6.07 Å². The second-order valence-electron chi connectivity index (χ2n) is 6.88. The molecule has 0 bridgehead atoms. The third kappa shape index (κ3) is 5.54. The molecule has 8 heteroatoms. The Balaban J connectivity index is 2.46. The summed E-state index contributed by atoms with van der Waals surface area (Å²) in [6.45, 7) is 6.55. The number of amides is 1. The molecule has 0 atom stereocenters. The second kappa shape index (κ2) is 7.38. The highest BCUT2D eigenvalue weighted by Crippen LogP contribution is 2.31. The van der Waals surface area contributed by atoms with Gasteiger partial charge in [-0.25, -0.2) is 9.78 Å². The summed E-state index contributed by atoms with van der Waals surface area (Å²) in [5.74, 6) is -1.62. The van der Waals surface area contributed by atoms with E-state index in [0.717, 1.165) is 12.1 Å². The fourth-order valence-corrected chi connectivity index (χ4v) is 2.22. The van der Waals surface area contributed by atoms with Crippen LogP contribution in [0.2, 0.25) is 0 Å². The number of halogens is 3. The molecular formula is C19H19F3N2O3. The first-order valence-corrected chi connectivity index (χ1v) is 8.06. The van der Waals surface area contributed by atoms with Crippen LogP contribution in [-0.4, -0.2) is 22.5 Å². The topological polar surface area (TPSA) is 68.3 Å². The fraction of sp³-hybridized carbons (Fsp3) is 0.316. The van der Waals surface area contributed by atoms with Gasteiger partial charge in [0.1, 0.15) is 11.4 Å². The van der Waals surface area contributed by atoms with E-state index in [9.17, 15) is 22.8 Å². The van der Waals surface area contributed by atoms with Crippen molar-refractivity contribution in [1.82, 2.24) is 4.98 Å². The van der Waals surface area contributed by atoms with Gasteiger partial charge in [-0.3, -0.25) is 4.79 Å². The zero-order valence-corrected chi connectivity index (χ0v) is 15.3. The fourth-order valence-electron chi connectivity index (χ4n) is 2.22. The van der Waals surface area contributed by atoms with Crippen LogP contribution in [0, 0.1) is 6.92 Å². The summed E-state index contributed by atoms with van der Waals surface area (Å²) in [6, 6.07) is 7.14. The van der Waals surface area contributed by atoms with Crippen molar-refractivity contribution in [3.63, 3.8) is 0 Å². The molecule has 0 aliphatic carbocycles. The largest absolute Gasteiger partial charge is 0.456 e. The van der Waals surface area contributed by atoms with Gasteiger partial charge in [0.25, 0.3) is 5.91 Å². The second-order valence-corrected chi connectivity index (χ2v) is 6.88. The third-order valence-corrected chi connectivity index (χ3v) is 3.34. The number of benzene rings is 1. The van der Waals surface area contributed by atoms with Crippen LogP contribution in [-0.2, 0) is 10.9 Å². The molecule has 0 aliphatic heterocycles. The molecule has 2 aromatic rings. The molecule has 2 rings (SSSR count). The number of anilines is 1. The lowest BCUT2D eigenvalue weighted by Crippen LogP contribution is -2.26. The number of carbonyl (C=O) groups excluding carboxylic acids is 2. The average Bonchev–Trinajstić information content (AvgIpc) is 2.51. The minimum atomic E-state index is -4.66. The first-order valence-electron chi connectivity index (χ1n) is 8.06. The van der Waals surface area contributed by atoms with Crippen molar-refractivity contribution in [1.29, 1.82) is 0 Å². The van der Waals surface area contributed by atoms with Gasteiger partial charge < -0.3 is 10.1 Å². The van der Waals surface area contributed by atoms with Gasteiger partial charge in [-0.15, -0.1) is 0 Å². The lowest BCUT2D eigenvalue weighted by atomic mass is 10.0. The highest BCUT2D eigenvalue weighted by molar-refractivity contribution is 6.11. The summed E-state index contributed by atoms with van der Waals surface area (Å²) in [7, 11) is 0. The van der Waals surface area contributed by atoms with Gasteiger partial charge in [-0.05, 0) is 58.0 Å². The first kappa shape index (κ1) is 20.4. The van der Waals surface area contributed by atoms with Crippen LogP contribution in [0.1, 0.15) is 52.7 Å². The summed E-state index contributed by atoms with van der Waals surface area (Å²) in [5, 5.41) is 2.41. The highest BCUT2D eigenvalue weighted by atomic mass is 19.4. The molecule has 0 saturated carbocycles. The molecule has 0 radical (unpaired) electrons. The minimum absolute atomic E-state index is 0.160. The number of alkyl halides is 3. The summed E-state index contributed by atoms with van der Waals surface area (Å²) in [4.78, 5) is 29.0. The summed E-state index contributed by atoms with van der Waals surface area (Å²) in [6.07, 6.45) is -4.66. The zero-order valence-electron chi connectivity index (χ0n) is 15.3.